The van der Waals surface area contributed by atoms with Crippen molar-refractivity contribution in [3.63, 3.8) is 0 Å². The van der Waals surface area contributed by atoms with Crippen LogP contribution in [0, 0.1) is 29.6 Å². The van der Waals surface area contributed by atoms with Crippen molar-refractivity contribution >= 4 is 46.8 Å². The number of carbonyl (C=O) groups excluding carboxylic acids is 3. The van der Waals surface area contributed by atoms with Gasteiger partial charge in [0.1, 0.15) is 11.8 Å². The molecule has 7 unspecified atom stereocenters. The van der Waals surface area contributed by atoms with Crippen molar-refractivity contribution in [2.24, 2.45) is 29.6 Å². The van der Waals surface area contributed by atoms with E-state index >= 15 is 0 Å². The number of carboxylic acids is 1. The number of aromatic nitrogens is 1. The van der Waals surface area contributed by atoms with Crippen LogP contribution in [0.15, 0.2) is 34.1 Å². The maximum absolute atomic E-state index is 13.6. The van der Waals surface area contributed by atoms with Gasteiger partial charge in [-0.1, -0.05) is 23.5 Å². The van der Waals surface area contributed by atoms with E-state index in [9.17, 15) is 29.1 Å². The van der Waals surface area contributed by atoms with Gasteiger partial charge >= 0.3 is 10.8 Å². The zero-order valence-electron chi connectivity index (χ0n) is 22.5. The molecule has 2 aromatic rings. The van der Waals surface area contributed by atoms with E-state index in [0.717, 1.165) is 59.1 Å². The number of aliphatic carboxylic acids is 1. The third-order valence-corrected chi connectivity index (χ3v) is 12.4. The largest absolute Gasteiger partial charge is 0.484 e. The number of carbonyl (C=O) groups is 4. The number of hydrogen-bond acceptors (Lipinski definition) is 8. The molecule has 8 atom stereocenters. The molecular formula is C29H31N3O7S2. The van der Waals surface area contributed by atoms with E-state index in [2.05, 4.69) is 4.98 Å². The molecule has 216 valence electrons. The summed E-state index contributed by atoms with van der Waals surface area (Å²) in [4.78, 5) is 70.5. The Labute approximate surface area is 244 Å². The highest BCUT2D eigenvalue weighted by Crippen LogP contribution is 2.68. The Hall–Kier alpha value is -3.12. The Balaban J connectivity index is 1.20. The molecule has 1 aromatic heterocycles. The molecule has 3 aliphatic heterocycles. The molecule has 2 aliphatic carbocycles. The second-order valence-corrected chi connectivity index (χ2v) is 14.0. The molecule has 0 radical (unpaired) electrons. The first kappa shape index (κ1) is 26.8. The zero-order valence-corrected chi connectivity index (χ0v) is 24.1. The first-order chi connectivity index (χ1) is 19.7. The molecule has 2 bridgehead atoms. The highest BCUT2D eigenvalue weighted by Gasteiger charge is 2.70. The zero-order chi connectivity index (χ0) is 28.6. The van der Waals surface area contributed by atoms with Gasteiger partial charge in [0.2, 0.25) is 11.8 Å². The second kappa shape index (κ2) is 10.0. The number of likely N-dealkylation sites (tertiary alicyclic amines) is 2. The average molecular weight is 598 g/mol. The first-order valence-electron chi connectivity index (χ1n) is 14.2. The lowest BCUT2D eigenvalue weighted by molar-refractivity contribution is -0.154. The number of carboxylic acid groups (broad SMARTS) is 1. The van der Waals surface area contributed by atoms with Gasteiger partial charge in [0, 0.05) is 29.1 Å². The lowest BCUT2D eigenvalue weighted by Crippen LogP contribution is -2.44. The van der Waals surface area contributed by atoms with Crippen LogP contribution in [-0.4, -0.2) is 74.6 Å². The van der Waals surface area contributed by atoms with E-state index in [-0.39, 0.29) is 58.1 Å². The summed E-state index contributed by atoms with van der Waals surface area (Å²) in [5, 5.41) is 10.4. The fourth-order valence-corrected chi connectivity index (χ4v) is 11.0. The van der Waals surface area contributed by atoms with Crippen LogP contribution in [0.2, 0.25) is 0 Å². The van der Waals surface area contributed by atoms with Crippen molar-refractivity contribution in [1.29, 1.82) is 0 Å². The van der Waals surface area contributed by atoms with E-state index in [4.69, 9.17) is 4.74 Å². The average Bonchev–Trinajstić information content (AvgIpc) is 3.70. The number of fused-ring (bicyclic) bond motifs is 9. The maximum Gasteiger partial charge on any atom is 0.326 e. The van der Waals surface area contributed by atoms with Crippen LogP contribution in [0.4, 0.5) is 0 Å². The number of imide groups is 1. The van der Waals surface area contributed by atoms with Crippen LogP contribution in [0.25, 0.3) is 0 Å². The van der Waals surface area contributed by atoms with E-state index < -0.39 is 23.8 Å². The summed E-state index contributed by atoms with van der Waals surface area (Å²) in [6.07, 6.45) is 3.88. The third kappa shape index (κ3) is 4.16. The molecule has 2 saturated heterocycles. The summed E-state index contributed by atoms with van der Waals surface area (Å²) in [7, 11) is 0. The molecule has 2 saturated carbocycles. The highest BCUT2D eigenvalue weighted by atomic mass is 32.2. The van der Waals surface area contributed by atoms with Gasteiger partial charge in [0.25, 0.3) is 5.91 Å². The smallest absolute Gasteiger partial charge is 0.326 e. The molecule has 2 N–H and O–H groups in total. The van der Waals surface area contributed by atoms with Gasteiger partial charge in [-0.2, -0.15) is 0 Å². The minimum absolute atomic E-state index is 0.00564. The van der Waals surface area contributed by atoms with Gasteiger partial charge in [0.05, 0.1) is 16.9 Å². The second-order valence-electron chi connectivity index (χ2n) is 11.8. The van der Waals surface area contributed by atoms with Crippen molar-refractivity contribution in [2.75, 3.05) is 19.7 Å². The number of rotatable bonds is 6. The number of H-pyrrole nitrogens is 1. The number of hydrogen-bond donors (Lipinski definition) is 2. The van der Waals surface area contributed by atoms with E-state index in [1.165, 1.54) is 18.3 Å². The van der Waals surface area contributed by atoms with Gasteiger partial charge in [0.15, 0.2) is 6.61 Å². The summed E-state index contributed by atoms with van der Waals surface area (Å²) in [5.74, 6) is -2.86. The van der Waals surface area contributed by atoms with Crippen LogP contribution in [0.1, 0.15) is 49.0 Å². The number of ether oxygens (including phenoxy) is 1. The van der Waals surface area contributed by atoms with Gasteiger partial charge in [-0.05, 0) is 68.1 Å². The van der Waals surface area contributed by atoms with Gasteiger partial charge in [-0.25, -0.2) is 4.79 Å². The summed E-state index contributed by atoms with van der Waals surface area (Å²) < 4.78 is 5.96. The molecule has 5 aliphatic rings. The first-order valence-corrected chi connectivity index (χ1v) is 15.9. The van der Waals surface area contributed by atoms with Crippen molar-refractivity contribution in [3.05, 3.63) is 44.4 Å². The SMILES string of the molecule is CC(C(=O)O)N1C(=O)C2C3CC(C2C1=O)C1C3Sc2[nH]c(=O)sc2[C@@H]1c1cccc(OCC(=O)N2CCCCC2)c1. The lowest BCUT2D eigenvalue weighted by Gasteiger charge is -2.43. The minimum Gasteiger partial charge on any atom is -0.484 e. The monoisotopic (exact) mass is 597 g/mol. The molecule has 41 heavy (non-hydrogen) atoms. The Morgan fingerprint density at radius 2 is 1.83 bits per heavy atom. The normalized spacial score (nSPS) is 32.5. The summed E-state index contributed by atoms with van der Waals surface area (Å²) in [6, 6.07) is 6.43. The summed E-state index contributed by atoms with van der Waals surface area (Å²) >= 11 is 2.76. The molecule has 1 aromatic carbocycles. The molecule has 10 nitrogen and oxygen atoms in total. The Morgan fingerprint density at radius 1 is 1.10 bits per heavy atom. The number of nitrogens with zero attached hydrogens (tertiary/aromatic N) is 2. The van der Waals surface area contributed by atoms with E-state index in [0.29, 0.717) is 5.75 Å². The maximum atomic E-state index is 13.6. The van der Waals surface area contributed by atoms with E-state index in [1.54, 1.807) is 11.8 Å². The van der Waals surface area contributed by atoms with Crippen molar-refractivity contribution in [1.82, 2.24) is 14.8 Å². The predicted octanol–water partition coefficient (Wildman–Crippen LogP) is 2.77. The number of benzene rings is 1. The summed E-state index contributed by atoms with van der Waals surface area (Å²) in [5.41, 5.74) is 0.941. The quantitative estimate of drug-likeness (QED) is 0.485. The van der Waals surface area contributed by atoms with E-state index in [1.807, 2.05) is 29.2 Å². The van der Waals surface area contributed by atoms with Crippen molar-refractivity contribution in [3.8, 4) is 5.75 Å². The highest BCUT2D eigenvalue weighted by molar-refractivity contribution is 8.00. The van der Waals surface area contributed by atoms with Gasteiger partial charge < -0.3 is 19.7 Å². The van der Waals surface area contributed by atoms with Crippen LogP contribution in [-0.2, 0) is 19.2 Å². The number of nitrogens with one attached hydrogen (secondary N) is 1. The van der Waals surface area contributed by atoms with Crippen LogP contribution < -0.4 is 9.61 Å². The number of aromatic amines is 1. The van der Waals surface area contributed by atoms with Crippen LogP contribution >= 0.6 is 23.1 Å². The molecule has 4 fully saturated rings. The molecule has 12 heteroatoms. The number of thiazole rings is 1. The molecule has 7 rings (SSSR count). The Kier molecular flexibility index (Phi) is 6.53. The predicted molar refractivity (Wildman–Crippen MR) is 150 cm³/mol. The third-order valence-electron chi connectivity index (χ3n) is 9.79. The Bertz CT molecular complexity index is 1500. The Morgan fingerprint density at radius 3 is 2.56 bits per heavy atom. The molecule has 3 amide bonds. The molecule has 0 spiro atoms. The number of piperidine rings is 1. The fourth-order valence-electron chi connectivity index (χ4n) is 8.08. The standard InChI is InChI=1S/C29H31N3O7S2/c1-13(28(36)37)32-26(34)21-16-11-17(22(21)27(32)35)23-20(16)19(24-25(40-23)30-29(38)41-24)14-6-5-7-15(10-14)39-12-18(33)31-8-3-2-4-9-31/h5-7,10,13,16-17,19-23H,2-4,8-9,11-12H2,1H3,(H,30,38)(H,36,37)/t13?,16?,17?,19-,20?,21?,22?,23?/m1/s1. The van der Waals surface area contributed by atoms with Crippen LogP contribution in [0.3, 0.4) is 0 Å². The lowest BCUT2D eigenvalue weighted by atomic mass is 9.68. The summed E-state index contributed by atoms with van der Waals surface area (Å²) in [6.45, 7) is 2.86. The van der Waals surface area contributed by atoms with Crippen LogP contribution in [0.5, 0.6) is 5.75 Å². The van der Waals surface area contributed by atoms with Gasteiger partial charge in [-0.15, -0.1) is 11.8 Å². The van der Waals surface area contributed by atoms with Crippen molar-refractivity contribution < 1.29 is 29.0 Å². The minimum atomic E-state index is -1.20. The molecule has 4 heterocycles. The van der Waals surface area contributed by atoms with Crippen molar-refractivity contribution in [2.45, 2.75) is 54.8 Å². The number of thioether (sulfide) groups is 1. The van der Waals surface area contributed by atoms with Gasteiger partial charge in [-0.3, -0.25) is 24.1 Å². The molecular weight excluding hydrogens is 566 g/mol. The topological polar surface area (TPSA) is 137 Å². The number of amides is 3. The fraction of sp³-hybridized carbons (Fsp3) is 0.552.